The lowest BCUT2D eigenvalue weighted by atomic mass is 10.2. The number of hydrogen-bond donors (Lipinski definition) is 1. The van der Waals surface area contributed by atoms with Crippen LogP contribution in [0.25, 0.3) is 0 Å². The van der Waals surface area contributed by atoms with Crippen LogP contribution in [0, 0.1) is 0 Å². The fraction of sp³-hybridized carbons (Fsp3) is 0.467. The Balaban J connectivity index is 1.63. The molecule has 2 aliphatic carbocycles. The van der Waals surface area contributed by atoms with Gasteiger partial charge in [-0.05, 0) is 55.1 Å². The van der Waals surface area contributed by atoms with Crippen LogP contribution >= 0.6 is 23.4 Å². The third-order valence-electron chi connectivity index (χ3n) is 4.00. The summed E-state index contributed by atoms with van der Waals surface area (Å²) in [5, 5.41) is 10.6. The lowest BCUT2D eigenvalue weighted by Crippen LogP contribution is -2.01. The van der Waals surface area contributed by atoms with Crippen molar-refractivity contribution in [3.8, 4) is 0 Å². The summed E-state index contributed by atoms with van der Waals surface area (Å²) < 4.78 is 2.35. The molecule has 0 radical (unpaired) electrons. The maximum atomic E-state index is 6.24. The third-order valence-corrected chi connectivity index (χ3v) is 5.30. The Morgan fingerprint density at radius 1 is 1.24 bits per heavy atom. The Labute approximate surface area is 133 Å². The lowest BCUT2D eigenvalue weighted by molar-refractivity contribution is 0.627. The van der Waals surface area contributed by atoms with E-state index in [-0.39, 0.29) is 0 Å². The van der Waals surface area contributed by atoms with Crippen molar-refractivity contribution in [2.45, 2.75) is 54.2 Å². The summed E-state index contributed by atoms with van der Waals surface area (Å²) in [5.74, 6) is 1.82. The summed E-state index contributed by atoms with van der Waals surface area (Å²) in [6, 6.07) is 6.62. The Bertz CT molecular complexity index is 676. The smallest absolute Gasteiger partial charge is 0.196 e. The standard InChI is InChI=1S/C15H17ClN4S/c16-13-7-12(6-3-10(13)8-17)21-15-19-18-14(9-1-2-9)20(15)11-4-5-11/h3,6-7,9,11H,1-2,4-5,8,17H2. The summed E-state index contributed by atoms with van der Waals surface area (Å²) >= 11 is 7.89. The molecule has 0 aliphatic heterocycles. The van der Waals surface area contributed by atoms with Gasteiger partial charge in [-0.1, -0.05) is 17.7 Å². The van der Waals surface area contributed by atoms with Crippen LogP contribution in [0.2, 0.25) is 5.02 Å². The number of nitrogens with zero attached hydrogens (tertiary/aromatic N) is 3. The monoisotopic (exact) mass is 320 g/mol. The summed E-state index contributed by atoms with van der Waals surface area (Å²) in [7, 11) is 0. The van der Waals surface area contributed by atoms with Crippen molar-refractivity contribution in [3.63, 3.8) is 0 Å². The molecule has 21 heavy (non-hydrogen) atoms. The first-order valence-electron chi connectivity index (χ1n) is 7.37. The summed E-state index contributed by atoms with van der Waals surface area (Å²) in [6.45, 7) is 0.466. The van der Waals surface area contributed by atoms with Crippen LogP contribution in [-0.4, -0.2) is 14.8 Å². The molecule has 6 heteroatoms. The van der Waals surface area contributed by atoms with Gasteiger partial charge in [0, 0.05) is 28.4 Å². The zero-order valence-electron chi connectivity index (χ0n) is 11.6. The molecule has 2 aliphatic rings. The van der Waals surface area contributed by atoms with Crippen LogP contribution in [0.5, 0.6) is 0 Å². The highest BCUT2D eigenvalue weighted by Gasteiger charge is 2.36. The van der Waals surface area contributed by atoms with Gasteiger partial charge in [-0.25, -0.2) is 0 Å². The first kappa shape index (κ1) is 13.6. The van der Waals surface area contributed by atoms with Crippen LogP contribution in [0.4, 0.5) is 0 Å². The van der Waals surface area contributed by atoms with Crippen molar-refractivity contribution in [2.24, 2.45) is 5.73 Å². The van der Waals surface area contributed by atoms with Crippen molar-refractivity contribution in [3.05, 3.63) is 34.6 Å². The average Bonchev–Trinajstić information content (AvgIpc) is 3.39. The highest BCUT2D eigenvalue weighted by atomic mass is 35.5. The second-order valence-electron chi connectivity index (χ2n) is 5.78. The minimum absolute atomic E-state index is 0.466. The van der Waals surface area contributed by atoms with Gasteiger partial charge in [0.15, 0.2) is 5.16 Å². The van der Waals surface area contributed by atoms with Crippen molar-refractivity contribution in [2.75, 3.05) is 0 Å². The minimum atomic E-state index is 0.466. The van der Waals surface area contributed by atoms with Gasteiger partial charge in [0.05, 0.1) is 0 Å². The number of rotatable bonds is 5. The fourth-order valence-corrected chi connectivity index (χ4v) is 3.78. The molecule has 0 unspecified atom stereocenters. The molecule has 0 saturated heterocycles. The van der Waals surface area contributed by atoms with E-state index in [2.05, 4.69) is 20.8 Å². The molecule has 4 nitrogen and oxygen atoms in total. The molecule has 2 fully saturated rings. The van der Waals surface area contributed by atoms with Crippen molar-refractivity contribution < 1.29 is 0 Å². The van der Waals surface area contributed by atoms with E-state index in [0.717, 1.165) is 20.6 Å². The molecule has 4 rings (SSSR count). The molecular formula is C15H17ClN4S. The topological polar surface area (TPSA) is 56.7 Å². The van der Waals surface area contributed by atoms with Gasteiger partial charge in [-0.3, -0.25) is 0 Å². The molecule has 0 amide bonds. The second kappa shape index (κ2) is 5.30. The first-order valence-corrected chi connectivity index (χ1v) is 8.57. The molecule has 1 aromatic carbocycles. The molecule has 0 spiro atoms. The largest absolute Gasteiger partial charge is 0.326 e. The van der Waals surface area contributed by atoms with Crippen LogP contribution in [0.3, 0.4) is 0 Å². The van der Waals surface area contributed by atoms with Gasteiger partial charge in [-0.15, -0.1) is 10.2 Å². The SMILES string of the molecule is NCc1ccc(Sc2nnc(C3CC3)n2C2CC2)cc1Cl. The molecule has 2 saturated carbocycles. The average molecular weight is 321 g/mol. The normalized spacial score (nSPS) is 18.2. The van der Waals surface area contributed by atoms with E-state index in [0.29, 0.717) is 18.5 Å². The van der Waals surface area contributed by atoms with Gasteiger partial charge < -0.3 is 10.3 Å². The highest BCUT2D eigenvalue weighted by molar-refractivity contribution is 7.99. The molecular weight excluding hydrogens is 304 g/mol. The Morgan fingerprint density at radius 2 is 2.05 bits per heavy atom. The molecule has 0 bridgehead atoms. The summed E-state index contributed by atoms with van der Waals surface area (Å²) in [4.78, 5) is 1.09. The molecule has 1 heterocycles. The van der Waals surface area contributed by atoms with E-state index in [1.54, 1.807) is 11.8 Å². The van der Waals surface area contributed by atoms with Crippen LogP contribution < -0.4 is 5.73 Å². The zero-order valence-corrected chi connectivity index (χ0v) is 13.2. The maximum Gasteiger partial charge on any atom is 0.196 e. The predicted octanol–water partition coefficient (Wildman–Crippen LogP) is 3.75. The number of hydrogen-bond acceptors (Lipinski definition) is 4. The van der Waals surface area contributed by atoms with E-state index in [4.69, 9.17) is 17.3 Å². The second-order valence-corrected chi connectivity index (χ2v) is 7.22. The molecule has 2 N–H and O–H groups in total. The molecule has 1 aromatic heterocycles. The Hall–Kier alpha value is -1.04. The van der Waals surface area contributed by atoms with Crippen molar-refractivity contribution in [1.82, 2.24) is 14.8 Å². The summed E-state index contributed by atoms with van der Waals surface area (Å²) in [6.07, 6.45) is 5.01. The van der Waals surface area contributed by atoms with Gasteiger partial charge in [0.25, 0.3) is 0 Å². The predicted molar refractivity (Wildman–Crippen MR) is 83.7 cm³/mol. The third kappa shape index (κ3) is 2.70. The van der Waals surface area contributed by atoms with Crippen LogP contribution in [0.1, 0.15) is 49.0 Å². The molecule has 0 atom stereocenters. The van der Waals surface area contributed by atoms with Crippen molar-refractivity contribution in [1.29, 1.82) is 0 Å². The van der Waals surface area contributed by atoms with Gasteiger partial charge in [0.1, 0.15) is 5.82 Å². The number of benzene rings is 1. The lowest BCUT2D eigenvalue weighted by Gasteiger charge is -2.09. The first-order chi connectivity index (χ1) is 10.3. The quantitative estimate of drug-likeness (QED) is 0.911. The van der Waals surface area contributed by atoms with Crippen LogP contribution in [0.15, 0.2) is 28.3 Å². The fourth-order valence-electron chi connectivity index (χ4n) is 2.52. The molecule has 110 valence electrons. The number of nitrogens with two attached hydrogens (primary N) is 1. The Kier molecular flexibility index (Phi) is 3.44. The van der Waals surface area contributed by atoms with Gasteiger partial charge in [0.2, 0.25) is 0 Å². The minimum Gasteiger partial charge on any atom is -0.326 e. The van der Waals surface area contributed by atoms with Gasteiger partial charge >= 0.3 is 0 Å². The number of halogens is 1. The summed E-state index contributed by atoms with van der Waals surface area (Å²) in [5.41, 5.74) is 6.63. The Morgan fingerprint density at radius 3 is 2.67 bits per heavy atom. The van der Waals surface area contributed by atoms with Crippen LogP contribution in [-0.2, 0) is 6.54 Å². The van der Waals surface area contributed by atoms with E-state index >= 15 is 0 Å². The number of aromatic nitrogens is 3. The van der Waals surface area contributed by atoms with E-state index in [1.807, 2.05) is 12.1 Å². The van der Waals surface area contributed by atoms with Gasteiger partial charge in [-0.2, -0.15) is 0 Å². The van der Waals surface area contributed by atoms with Crippen molar-refractivity contribution >= 4 is 23.4 Å². The highest BCUT2D eigenvalue weighted by Crippen LogP contribution is 2.46. The van der Waals surface area contributed by atoms with E-state index in [9.17, 15) is 0 Å². The maximum absolute atomic E-state index is 6.24. The van der Waals surface area contributed by atoms with E-state index < -0.39 is 0 Å². The molecule has 2 aromatic rings. The zero-order chi connectivity index (χ0) is 14.4. The van der Waals surface area contributed by atoms with E-state index in [1.165, 1.54) is 31.5 Å².